The van der Waals surface area contributed by atoms with Gasteiger partial charge >= 0.3 is 0 Å². The Bertz CT molecular complexity index is 505. The molecule has 0 unspecified atom stereocenters. The van der Waals surface area contributed by atoms with Gasteiger partial charge in [-0.2, -0.15) is 5.10 Å². The number of aromatic amines is 1. The maximum Gasteiger partial charge on any atom is 0.251 e. The van der Waals surface area contributed by atoms with E-state index in [0.29, 0.717) is 22.2 Å². The predicted octanol–water partition coefficient (Wildman–Crippen LogP) is 1.09. The lowest BCUT2D eigenvalue weighted by molar-refractivity contribution is 0.0949. The number of amides is 1. The molecule has 2 aromatic heterocycles. The summed E-state index contributed by atoms with van der Waals surface area (Å²) in [5.41, 5.74) is 1.17. The van der Waals surface area contributed by atoms with Crippen LogP contribution in [-0.4, -0.2) is 26.1 Å². The van der Waals surface area contributed by atoms with Gasteiger partial charge in [0.1, 0.15) is 17.3 Å². The van der Waals surface area contributed by atoms with Crippen LogP contribution in [0.1, 0.15) is 21.9 Å². The van der Waals surface area contributed by atoms with E-state index in [1.165, 1.54) is 12.4 Å². The third-order valence-electron chi connectivity index (χ3n) is 2.07. The van der Waals surface area contributed by atoms with E-state index in [1.54, 1.807) is 13.0 Å². The van der Waals surface area contributed by atoms with Gasteiger partial charge in [-0.3, -0.25) is 9.89 Å². The number of hydrogen-bond donors (Lipinski definition) is 2. The third-order valence-corrected chi connectivity index (χ3v) is 2.26. The lowest BCUT2D eigenvalue weighted by Crippen LogP contribution is -2.23. The van der Waals surface area contributed by atoms with Crippen LogP contribution in [0.4, 0.5) is 0 Å². The number of halogens is 1. The zero-order valence-corrected chi connectivity index (χ0v) is 9.82. The van der Waals surface area contributed by atoms with Crippen molar-refractivity contribution in [3.63, 3.8) is 0 Å². The molecule has 0 atom stereocenters. The summed E-state index contributed by atoms with van der Waals surface area (Å²) < 4.78 is 0. The molecular formula is C10H10ClN5O. The molecule has 0 aromatic carbocycles. The van der Waals surface area contributed by atoms with Crippen molar-refractivity contribution in [2.45, 2.75) is 13.5 Å². The van der Waals surface area contributed by atoms with Crippen molar-refractivity contribution in [1.29, 1.82) is 0 Å². The van der Waals surface area contributed by atoms with Crippen molar-refractivity contribution in [1.82, 2.24) is 25.5 Å². The van der Waals surface area contributed by atoms with E-state index >= 15 is 0 Å². The largest absolute Gasteiger partial charge is 0.345 e. The van der Waals surface area contributed by atoms with E-state index in [0.717, 1.165) is 0 Å². The molecular weight excluding hydrogens is 242 g/mol. The van der Waals surface area contributed by atoms with Gasteiger partial charge in [-0.25, -0.2) is 9.97 Å². The summed E-state index contributed by atoms with van der Waals surface area (Å²) in [6, 6.07) is 3.19. The molecule has 7 heteroatoms. The highest BCUT2D eigenvalue weighted by Crippen LogP contribution is 2.10. The quantitative estimate of drug-likeness (QED) is 0.800. The highest BCUT2D eigenvalue weighted by molar-refractivity contribution is 6.29. The van der Waals surface area contributed by atoms with E-state index in [2.05, 4.69) is 25.5 Å². The fourth-order valence-electron chi connectivity index (χ4n) is 1.34. The molecule has 0 aliphatic carbocycles. The van der Waals surface area contributed by atoms with Gasteiger partial charge in [0.25, 0.3) is 5.91 Å². The summed E-state index contributed by atoms with van der Waals surface area (Å²) in [5.74, 6) is 0.365. The van der Waals surface area contributed by atoms with Crippen LogP contribution in [0.5, 0.6) is 0 Å². The number of carbonyl (C=O) groups is 1. The Kier molecular flexibility index (Phi) is 3.34. The van der Waals surface area contributed by atoms with Gasteiger partial charge in [0.2, 0.25) is 0 Å². The molecule has 0 bridgehead atoms. The minimum absolute atomic E-state index is 0.228. The van der Waals surface area contributed by atoms with Crippen molar-refractivity contribution >= 4 is 17.5 Å². The lowest BCUT2D eigenvalue weighted by Gasteiger charge is -2.04. The molecule has 0 radical (unpaired) electrons. The van der Waals surface area contributed by atoms with Gasteiger partial charge in [0, 0.05) is 11.3 Å². The molecule has 17 heavy (non-hydrogen) atoms. The zero-order valence-electron chi connectivity index (χ0n) is 9.07. The first-order valence-electron chi connectivity index (χ1n) is 4.92. The Morgan fingerprint density at radius 1 is 1.53 bits per heavy atom. The van der Waals surface area contributed by atoms with E-state index in [4.69, 9.17) is 11.6 Å². The van der Waals surface area contributed by atoms with Gasteiger partial charge in [-0.15, -0.1) is 0 Å². The van der Waals surface area contributed by atoms with Crippen molar-refractivity contribution in [3.05, 3.63) is 40.7 Å². The minimum Gasteiger partial charge on any atom is -0.345 e. The van der Waals surface area contributed by atoms with Crippen LogP contribution in [-0.2, 0) is 6.54 Å². The van der Waals surface area contributed by atoms with Crippen molar-refractivity contribution in [2.24, 2.45) is 0 Å². The standard InChI is InChI=1S/C10H10ClN5O/c1-6-2-7(3-8(11)15-6)10(17)12-4-9-13-5-14-16-9/h2-3,5H,4H2,1H3,(H,12,17)(H,13,14,16). The number of H-pyrrole nitrogens is 1. The maximum atomic E-state index is 11.8. The normalized spacial score (nSPS) is 10.2. The van der Waals surface area contributed by atoms with Gasteiger partial charge in [-0.1, -0.05) is 11.6 Å². The number of nitrogens with zero attached hydrogens (tertiary/aromatic N) is 3. The highest BCUT2D eigenvalue weighted by Gasteiger charge is 2.08. The van der Waals surface area contributed by atoms with Gasteiger partial charge < -0.3 is 5.32 Å². The van der Waals surface area contributed by atoms with Crippen LogP contribution in [0, 0.1) is 6.92 Å². The molecule has 2 N–H and O–H groups in total. The summed E-state index contributed by atoms with van der Waals surface area (Å²) in [4.78, 5) is 19.7. The Hall–Kier alpha value is -1.95. The Morgan fingerprint density at radius 3 is 3.00 bits per heavy atom. The van der Waals surface area contributed by atoms with Crippen LogP contribution in [0.15, 0.2) is 18.5 Å². The van der Waals surface area contributed by atoms with E-state index in [-0.39, 0.29) is 12.5 Å². The second kappa shape index (κ2) is 4.92. The van der Waals surface area contributed by atoms with E-state index < -0.39 is 0 Å². The molecule has 2 rings (SSSR count). The molecule has 0 aliphatic heterocycles. The van der Waals surface area contributed by atoms with Crippen molar-refractivity contribution in [3.8, 4) is 0 Å². The SMILES string of the molecule is Cc1cc(C(=O)NCc2ncn[nH]2)cc(Cl)n1. The Labute approximate surface area is 102 Å². The average Bonchev–Trinajstić information content (AvgIpc) is 2.77. The number of pyridine rings is 1. The third kappa shape index (κ3) is 3.01. The molecule has 0 aliphatic rings. The van der Waals surface area contributed by atoms with Crippen molar-refractivity contribution < 1.29 is 4.79 Å². The van der Waals surface area contributed by atoms with Crippen LogP contribution < -0.4 is 5.32 Å². The second-order valence-corrected chi connectivity index (χ2v) is 3.82. The number of aryl methyl sites for hydroxylation is 1. The van der Waals surface area contributed by atoms with Crippen LogP contribution in [0.3, 0.4) is 0 Å². The smallest absolute Gasteiger partial charge is 0.251 e. The van der Waals surface area contributed by atoms with Crippen LogP contribution in [0.25, 0.3) is 0 Å². The molecule has 6 nitrogen and oxygen atoms in total. The van der Waals surface area contributed by atoms with Crippen molar-refractivity contribution in [2.75, 3.05) is 0 Å². The van der Waals surface area contributed by atoms with Crippen LogP contribution in [0.2, 0.25) is 5.15 Å². The fraction of sp³-hybridized carbons (Fsp3) is 0.200. The summed E-state index contributed by atoms with van der Waals surface area (Å²) in [7, 11) is 0. The summed E-state index contributed by atoms with van der Waals surface area (Å²) in [6.45, 7) is 2.07. The number of nitrogens with one attached hydrogen (secondary N) is 2. The highest BCUT2D eigenvalue weighted by atomic mass is 35.5. The first-order chi connectivity index (χ1) is 8.15. The topological polar surface area (TPSA) is 83.6 Å². The average molecular weight is 252 g/mol. The molecule has 0 saturated heterocycles. The molecule has 0 fully saturated rings. The lowest BCUT2D eigenvalue weighted by atomic mass is 10.2. The first-order valence-corrected chi connectivity index (χ1v) is 5.29. The summed E-state index contributed by atoms with van der Waals surface area (Å²) >= 11 is 5.77. The van der Waals surface area contributed by atoms with Crippen LogP contribution >= 0.6 is 11.6 Å². The fourth-order valence-corrected chi connectivity index (χ4v) is 1.59. The molecule has 2 heterocycles. The molecule has 2 aromatic rings. The summed E-state index contributed by atoms with van der Waals surface area (Å²) in [6.07, 6.45) is 1.38. The summed E-state index contributed by atoms with van der Waals surface area (Å²) in [5, 5.41) is 9.33. The van der Waals surface area contributed by atoms with E-state index in [1.807, 2.05) is 0 Å². The Balaban J connectivity index is 2.04. The number of rotatable bonds is 3. The van der Waals surface area contributed by atoms with E-state index in [9.17, 15) is 4.79 Å². The Morgan fingerprint density at radius 2 is 2.35 bits per heavy atom. The number of hydrogen-bond acceptors (Lipinski definition) is 4. The molecule has 0 spiro atoms. The van der Waals surface area contributed by atoms with Gasteiger partial charge in [0.15, 0.2) is 0 Å². The zero-order chi connectivity index (χ0) is 12.3. The molecule has 88 valence electrons. The predicted molar refractivity (Wildman–Crippen MR) is 61.5 cm³/mol. The monoisotopic (exact) mass is 251 g/mol. The van der Waals surface area contributed by atoms with Gasteiger partial charge in [0.05, 0.1) is 6.54 Å². The molecule has 1 amide bonds. The minimum atomic E-state index is -0.228. The number of carbonyl (C=O) groups excluding carboxylic acids is 1. The van der Waals surface area contributed by atoms with Gasteiger partial charge in [-0.05, 0) is 19.1 Å². The second-order valence-electron chi connectivity index (χ2n) is 3.43. The number of aromatic nitrogens is 4. The molecule has 0 saturated carbocycles. The first kappa shape index (κ1) is 11.5. The maximum absolute atomic E-state index is 11.8.